The molecule has 3 aromatic carbocycles. The fourth-order valence-corrected chi connectivity index (χ4v) is 8.78. The third kappa shape index (κ3) is 7.09. The first kappa shape index (κ1) is 37.2. The Hall–Kier alpha value is -6.37. The van der Waals surface area contributed by atoms with Gasteiger partial charge in [0.25, 0.3) is 5.91 Å². The van der Waals surface area contributed by atoms with Crippen molar-refractivity contribution >= 4 is 34.7 Å². The monoisotopic (exact) mass is 783 g/mol. The zero-order valence-corrected chi connectivity index (χ0v) is 31.7. The number of hydrogen-bond donors (Lipinski definition) is 2. The van der Waals surface area contributed by atoms with E-state index in [9.17, 15) is 19.2 Å². The van der Waals surface area contributed by atoms with Gasteiger partial charge in [0.05, 0.1) is 18.3 Å². The largest absolute Gasteiger partial charge is 0.457 e. The van der Waals surface area contributed by atoms with Crippen molar-refractivity contribution in [2.24, 2.45) is 0 Å². The Morgan fingerprint density at radius 1 is 0.897 bits per heavy atom. The number of anilines is 1. The maximum Gasteiger partial charge on any atom is 0.335 e. The lowest BCUT2D eigenvalue weighted by Gasteiger charge is -2.42. The number of benzene rings is 3. The molecule has 2 aromatic heterocycles. The molecule has 0 radical (unpaired) electrons. The van der Waals surface area contributed by atoms with Crippen molar-refractivity contribution in [2.45, 2.75) is 62.9 Å². The van der Waals surface area contributed by atoms with Gasteiger partial charge in [0.15, 0.2) is 11.5 Å². The third-order valence-electron chi connectivity index (χ3n) is 11.8. The van der Waals surface area contributed by atoms with E-state index in [0.29, 0.717) is 66.4 Å². The van der Waals surface area contributed by atoms with Crippen LogP contribution in [0, 0.1) is 11.8 Å². The van der Waals surface area contributed by atoms with Crippen molar-refractivity contribution in [1.82, 2.24) is 39.1 Å². The lowest BCUT2D eigenvalue weighted by Crippen LogP contribution is -2.52. The number of amides is 3. The summed E-state index contributed by atoms with van der Waals surface area (Å²) in [5, 5.41) is 2.33. The SMILES string of the molecule is Nc1ncnc2c1n(-c1ccc(Oc3ccccc3)cc1)c(=O)n2[C@@H]1CCN(C2CCN(CC#Cc3ccc4c(c3)CN(C3CCC(=O)NC3=O)C4=O)CC2)C[C@H]1F. The van der Waals surface area contributed by atoms with Crippen molar-refractivity contribution in [3.05, 3.63) is 106 Å². The number of para-hydroxylation sites is 1. The molecule has 0 aliphatic carbocycles. The van der Waals surface area contributed by atoms with Crippen LogP contribution in [0.25, 0.3) is 16.9 Å². The summed E-state index contributed by atoms with van der Waals surface area (Å²) in [6.45, 7) is 3.40. The molecule has 3 atom stereocenters. The third-order valence-corrected chi connectivity index (χ3v) is 11.8. The summed E-state index contributed by atoms with van der Waals surface area (Å²) in [6.07, 6.45) is 2.74. The predicted octanol–water partition coefficient (Wildman–Crippen LogP) is 3.82. The molecule has 6 heterocycles. The number of ether oxygens (including phenoxy) is 1. The summed E-state index contributed by atoms with van der Waals surface area (Å²) in [5.41, 5.74) is 9.28. The standard InChI is InChI=1S/C43H42FN9O5/c44-34-25-50(29-16-20-49(21-17-29)19-4-5-27-8-13-33-28(23-27)24-51(42(33)56)36-14-15-37(54)48-41(36)55)22-18-35(34)53-40-38(39(45)46-26-47-40)52(43(53)57)30-9-11-32(12-10-30)58-31-6-2-1-3-7-31/h1-3,6-13,23,26,29,34-36H,14-22,24-25H2,(H2,45,46,47)(H,48,54,55)/t34-,35-,36?/m1/s1. The predicted molar refractivity (Wildman–Crippen MR) is 213 cm³/mol. The molecule has 0 bridgehead atoms. The molecule has 4 aliphatic rings. The lowest BCUT2D eigenvalue weighted by molar-refractivity contribution is -0.136. The number of halogens is 1. The van der Waals surface area contributed by atoms with Crippen LogP contribution in [0.4, 0.5) is 10.2 Å². The highest BCUT2D eigenvalue weighted by atomic mass is 19.1. The highest BCUT2D eigenvalue weighted by Gasteiger charge is 2.40. The van der Waals surface area contributed by atoms with Crippen LogP contribution in [0.1, 0.15) is 59.6 Å². The molecule has 0 spiro atoms. The minimum Gasteiger partial charge on any atom is -0.457 e. The molecule has 296 valence electrons. The molecular formula is C43H42FN9O5. The average Bonchev–Trinajstić information content (AvgIpc) is 3.71. The van der Waals surface area contributed by atoms with Gasteiger partial charge in [-0.15, -0.1) is 0 Å². The number of nitrogens with one attached hydrogen (secondary N) is 1. The fourth-order valence-electron chi connectivity index (χ4n) is 8.78. The zero-order valence-electron chi connectivity index (χ0n) is 31.7. The van der Waals surface area contributed by atoms with Crippen LogP contribution in [0.5, 0.6) is 11.5 Å². The maximum atomic E-state index is 16.3. The highest BCUT2D eigenvalue weighted by molar-refractivity contribution is 6.05. The second kappa shape index (κ2) is 15.5. The van der Waals surface area contributed by atoms with Crippen LogP contribution in [-0.4, -0.2) is 103 Å². The Morgan fingerprint density at radius 2 is 1.67 bits per heavy atom. The first-order chi connectivity index (χ1) is 28.2. The molecule has 3 saturated heterocycles. The van der Waals surface area contributed by atoms with Gasteiger partial charge in [-0.3, -0.25) is 38.6 Å². The van der Waals surface area contributed by atoms with E-state index in [1.54, 1.807) is 30.3 Å². The topological polar surface area (TPSA) is 161 Å². The van der Waals surface area contributed by atoms with E-state index < -0.39 is 29.9 Å². The summed E-state index contributed by atoms with van der Waals surface area (Å²) in [7, 11) is 0. The quantitative estimate of drug-likeness (QED) is 0.184. The summed E-state index contributed by atoms with van der Waals surface area (Å²) in [4.78, 5) is 65.8. The number of imide groups is 1. The van der Waals surface area contributed by atoms with Crippen molar-refractivity contribution in [2.75, 3.05) is 38.5 Å². The molecule has 5 aromatic rings. The number of alkyl halides is 1. The van der Waals surface area contributed by atoms with E-state index in [1.807, 2.05) is 42.5 Å². The Kier molecular flexibility index (Phi) is 9.96. The lowest BCUT2D eigenvalue weighted by atomic mass is 9.96. The number of likely N-dealkylation sites (tertiary alicyclic amines) is 2. The van der Waals surface area contributed by atoms with Gasteiger partial charge in [-0.25, -0.2) is 19.2 Å². The number of carbonyl (C=O) groups is 3. The number of imidazole rings is 1. The van der Waals surface area contributed by atoms with Gasteiger partial charge in [0.1, 0.15) is 35.6 Å². The first-order valence-corrected chi connectivity index (χ1v) is 19.7. The van der Waals surface area contributed by atoms with E-state index >= 15 is 4.39 Å². The van der Waals surface area contributed by atoms with Crippen molar-refractivity contribution < 1.29 is 23.5 Å². The van der Waals surface area contributed by atoms with E-state index in [4.69, 9.17) is 10.5 Å². The molecule has 3 amide bonds. The molecule has 15 heteroatoms. The van der Waals surface area contributed by atoms with Crippen LogP contribution in [-0.2, 0) is 16.1 Å². The summed E-state index contributed by atoms with van der Waals surface area (Å²) in [6, 6.07) is 20.8. The van der Waals surface area contributed by atoms with E-state index in [-0.39, 0.29) is 36.6 Å². The van der Waals surface area contributed by atoms with Crippen LogP contribution in [0.3, 0.4) is 0 Å². The number of nitrogens with zero attached hydrogens (tertiary/aromatic N) is 7. The molecule has 4 aliphatic heterocycles. The molecule has 3 N–H and O–H groups in total. The highest BCUT2D eigenvalue weighted by Crippen LogP contribution is 2.33. The van der Waals surface area contributed by atoms with E-state index in [2.05, 4.69) is 36.9 Å². The smallest absolute Gasteiger partial charge is 0.335 e. The van der Waals surface area contributed by atoms with E-state index in [1.165, 1.54) is 20.4 Å². The fraction of sp³-hybridized carbons (Fsp3) is 0.349. The maximum absolute atomic E-state index is 16.3. The molecule has 1 unspecified atom stereocenters. The normalized spacial score (nSPS) is 21.8. The van der Waals surface area contributed by atoms with Gasteiger partial charge in [-0.2, -0.15) is 0 Å². The molecule has 3 fully saturated rings. The van der Waals surface area contributed by atoms with Crippen LogP contribution >= 0.6 is 0 Å². The zero-order chi connectivity index (χ0) is 39.9. The molecular weight excluding hydrogens is 742 g/mol. The van der Waals surface area contributed by atoms with Crippen LogP contribution in [0.15, 0.2) is 83.9 Å². The number of rotatable bonds is 7. The number of hydrogen-bond acceptors (Lipinski definition) is 10. The van der Waals surface area contributed by atoms with Gasteiger partial charge in [-0.1, -0.05) is 30.0 Å². The summed E-state index contributed by atoms with van der Waals surface area (Å²) in [5.74, 6) is 6.99. The first-order valence-electron chi connectivity index (χ1n) is 19.7. The molecule has 58 heavy (non-hydrogen) atoms. The number of aromatic nitrogens is 4. The molecule has 9 rings (SSSR count). The second-order valence-corrected chi connectivity index (χ2v) is 15.3. The number of carbonyl (C=O) groups excluding carboxylic acids is 3. The minimum atomic E-state index is -1.30. The number of nitrogen functional groups attached to an aromatic ring is 1. The molecule has 14 nitrogen and oxygen atoms in total. The Bertz CT molecular complexity index is 2520. The van der Waals surface area contributed by atoms with Gasteiger partial charge in [-0.05, 0) is 85.8 Å². The summed E-state index contributed by atoms with van der Waals surface area (Å²) >= 11 is 0. The summed E-state index contributed by atoms with van der Waals surface area (Å²) < 4.78 is 25.1. The van der Waals surface area contributed by atoms with Crippen LogP contribution < -0.4 is 21.5 Å². The van der Waals surface area contributed by atoms with Gasteiger partial charge < -0.3 is 15.4 Å². The Morgan fingerprint density at radius 3 is 2.43 bits per heavy atom. The van der Waals surface area contributed by atoms with Crippen molar-refractivity contribution in [3.63, 3.8) is 0 Å². The molecule has 0 saturated carbocycles. The Balaban J connectivity index is 0.813. The minimum absolute atomic E-state index is 0.136. The number of nitrogens with two attached hydrogens (primary N) is 1. The Labute approximate surface area is 333 Å². The van der Waals surface area contributed by atoms with Crippen molar-refractivity contribution in [3.8, 4) is 29.0 Å². The average molecular weight is 784 g/mol. The van der Waals surface area contributed by atoms with Gasteiger partial charge >= 0.3 is 5.69 Å². The van der Waals surface area contributed by atoms with E-state index in [0.717, 1.165) is 37.1 Å². The van der Waals surface area contributed by atoms with Gasteiger partial charge in [0, 0.05) is 56.3 Å². The number of piperidine rings is 3. The van der Waals surface area contributed by atoms with Crippen LogP contribution in [0.2, 0.25) is 0 Å². The van der Waals surface area contributed by atoms with Crippen molar-refractivity contribution in [1.29, 1.82) is 0 Å². The second-order valence-electron chi connectivity index (χ2n) is 15.3. The number of fused-ring (bicyclic) bond motifs is 2. The van der Waals surface area contributed by atoms with Gasteiger partial charge in [0.2, 0.25) is 11.8 Å².